The van der Waals surface area contributed by atoms with E-state index in [1.165, 1.54) is 6.07 Å². The van der Waals surface area contributed by atoms with Crippen LogP contribution in [0.3, 0.4) is 0 Å². The van der Waals surface area contributed by atoms with E-state index < -0.39 is 0 Å². The number of benzene rings is 1. The van der Waals surface area contributed by atoms with Gasteiger partial charge < -0.3 is 15.1 Å². The number of hydrogen-bond donors (Lipinski definition) is 3. The number of aliphatic hydroxyl groups excluding tert-OH is 1. The summed E-state index contributed by atoms with van der Waals surface area (Å²) in [5.74, 6) is 0. The third kappa shape index (κ3) is 1.17. The van der Waals surface area contributed by atoms with Gasteiger partial charge in [0.2, 0.25) is 5.43 Å². The van der Waals surface area contributed by atoms with Gasteiger partial charge in [0.15, 0.2) is 0 Å². The van der Waals surface area contributed by atoms with E-state index in [-0.39, 0.29) is 12.0 Å². The molecule has 2 aromatic heterocycles. The van der Waals surface area contributed by atoms with Crippen molar-refractivity contribution < 1.29 is 5.11 Å². The fourth-order valence-corrected chi connectivity index (χ4v) is 1.97. The number of rotatable bonds is 1. The van der Waals surface area contributed by atoms with E-state index in [0.29, 0.717) is 11.2 Å². The predicted octanol–water partition coefficient (Wildman–Crippen LogP) is 1.50. The maximum atomic E-state index is 11.8. The van der Waals surface area contributed by atoms with Crippen LogP contribution in [-0.2, 0) is 6.61 Å². The lowest BCUT2D eigenvalue weighted by Crippen LogP contribution is -2.04. The number of fused-ring (bicyclic) bond motifs is 3. The second kappa shape index (κ2) is 3.21. The molecule has 0 atom stereocenters. The van der Waals surface area contributed by atoms with Gasteiger partial charge in [0, 0.05) is 22.7 Å². The first-order valence-corrected chi connectivity index (χ1v) is 5.03. The standard InChI is InChI=1S/C12H10N2O2/c15-6-7-5-10(16)12-11(13-7)8-3-1-2-4-9(8)14-12/h1-5,14-15H,6H2,(H,13,16). The summed E-state index contributed by atoms with van der Waals surface area (Å²) in [5, 5.41) is 10.0. The Morgan fingerprint density at radius 2 is 1.94 bits per heavy atom. The molecule has 0 unspecified atom stereocenters. The molecule has 0 radical (unpaired) electrons. The first-order valence-electron chi connectivity index (χ1n) is 5.03. The van der Waals surface area contributed by atoms with Gasteiger partial charge in [0.25, 0.3) is 0 Å². The van der Waals surface area contributed by atoms with Gasteiger partial charge in [-0.3, -0.25) is 4.79 Å². The quantitative estimate of drug-likeness (QED) is 0.574. The van der Waals surface area contributed by atoms with Crippen molar-refractivity contribution in [1.82, 2.24) is 9.97 Å². The van der Waals surface area contributed by atoms with E-state index in [4.69, 9.17) is 5.11 Å². The Morgan fingerprint density at radius 1 is 1.12 bits per heavy atom. The average molecular weight is 214 g/mol. The van der Waals surface area contributed by atoms with Gasteiger partial charge in [-0.25, -0.2) is 0 Å². The highest BCUT2D eigenvalue weighted by atomic mass is 16.3. The SMILES string of the molecule is O=c1cc(CO)[nH]c2c1[nH]c1ccccc12. The zero-order valence-corrected chi connectivity index (χ0v) is 8.45. The van der Waals surface area contributed by atoms with Gasteiger partial charge in [-0.2, -0.15) is 0 Å². The van der Waals surface area contributed by atoms with Gasteiger partial charge in [-0.15, -0.1) is 0 Å². The second-order valence-electron chi connectivity index (χ2n) is 3.74. The van der Waals surface area contributed by atoms with E-state index >= 15 is 0 Å². The average Bonchev–Trinajstić information content (AvgIpc) is 2.68. The topological polar surface area (TPSA) is 68.9 Å². The minimum absolute atomic E-state index is 0.103. The van der Waals surface area contributed by atoms with Crippen molar-refractivity contribution in [2.24, 2.45) is 0 Å². The molecule has 4 nitrogen and oxygen atoms in total. The number of pyridine rings is 1. The molecule has 80 valence electrons. The zero-order chi connectivity index (χ0) is 11.1. The van der Waals surface area contributed by atoms with E-state index in [2.05, 4.69) is 9.97 Å². The maximum Gasteiger partial charge on any atom is 0.205 e. The Balaban J connectivity index is 2.56. The minimum atomic E-state index is -0.162. The van der Waals surface area contributed by atoms with Crippen LogP contribution in [0, 0.1) is 0 Å². The van der Waals surface area contributed by atoms with Crippen LogP contribution >= 0.6 is 0 Å². The Hall–Kier alpha value is -2.07. The molecule has 16 heavy (non-hydrogen) atoms. The lowest BCUT2D eigenvalue weighted by atomic mass is 10.2. The van der Waals surface area contributed by atoms with Gasteiger partial charge in [0.1, 0.15) is 5.52 Å². The molecule has 0 saturated heterocycles. The Kier molecular flexibility index (Phi) is 1.84. The fourth-order valence-electron chi connectivity index (χ4n) is 1.97. The largest absolute Gasteiger partial charge is 0.390 e. The van der Waals surface area contributed by atoms with Crippen LogP contribution in [0.25, 0.3) is 21.9 Å². The summed E-state index contributed by atoms with van der Waals surface area (Å²) in [7, 11) is 0. The van der Waals surface area contributed by atoms with Crippen LogP contribution in [0.4, 0.5) is 0 Å². The van der Waals surface area contributed by atoms with E-state index in [1.807, 2.05) is 24.3 Å². The molecule has 2 heterocycles. The molecule has 1 aromatic carbocycles. The molecule has 0 amide bonds. The number of aromatic nitrogens is 2. The fraction of sp³-hybridized carbons (Fsp3) is 0.0833. The summed E-state index contributed by atoms with van der Waals surface area (Å²) < 4.78 is 0. The van der Waals surface area contributed by atoms with Crippen molar-refractivity contribution in [3.05, 3.63) is 46.2 Å². The second-order valence-corrected chi connectivity index (χ2v) is 3.74. The molecular weight excluding hydrogens is 204 g/mol. The molecule has 0 fully saturated rings. The van der Waals surface area contributed by atoms with E-state index in [1.54, 1.807) is 0 Å². The van der Waals surface area contributed by atoms with Crippen LogP contribution in [-0.4, -0.2) is 15.1 Å². The summed E-state index contributed by atoms with van der Waals surface area (Å²) >= 11 is 0. The molecule has 0 bridgehead atoms. The molecule has 0 spiro atoms. The van der Waals surface area contributed by atoms with Crippen LogP contribution in [0.5, 0.6) is 0 Å². The van der Waals surface area contributed by atoms with Gasteiger partial charge in [0.05, 0.1) is 12.1 Å². The van der Waals surface area contributed by atoms with Crippen LogP contribution < -0.4 is 5.43 Å². The highest BCUT2D eigenvalue weighted by Crippen LogP contribution is 2.21. The minimum Gasteiger partial charge on any atom is -0.390 e. The molecular formula is C12H10N2O2. The van der Waals surface area contributed by atoms with Gasteiger partial charge in [-0.1, -0.05) is 18.2 Å². The maximum absolute atomic E-state index is 11.8. The van der Waals surface area contributed by atoms with E-state index in [0.717, 1.165) is 16.4 Å². The first kappa shape index (κ1) is 9.18. The lowest BCUT2D eigenvalue weighted by Gasteiger charge is -1.97. The molecule has 3 aromatic rings. The van der Waals surface area contributed by atoms with Gasteiger partial charge in [-0.05, 0) is 6.07 Å². The smallest absolute Gasteiger partial charge is 0.205 e. The van der Waals surface area contributed by atoms with E-state index in [9.17, 15) is 4.79 Å². The summed E-state index contributed by atoms with van der Waals surface area (Å²) in [6, 6.07) is 9.10. The van der Waals surface area contributed by atoms with Crippen molar-refractivity contribution in [1.29, 1.82) is 0 Å². The molecule has 3 rings (SSSR count). The molecule has 0 aliphatic heterocycles. The first-order chi connectivity index (χ1) is 7.79. The Morgan fingerprint density at radius 3 is 2.75 bits per heavy atom. The van der Waals surface area contributed by atoms with Crippen LogP contribution in [0.15, 0.2) is 35.1 Å². The summed E-state index contributed by atoms with van der Waals surface area (Å²) in [6.07, 6.45) is 0. The van der Waals surface area contributed by atoms with Crippen molar-refractivity contribution >= 4 is 21.9 Å². The number of nitrogens with one attached hydrogen (secondary N) is 2. The zero-order valence-electron chi connectivity index (χ0n) is 8.45. The van der Waals surface area contributed by atoms with Crippen LogP contribution in [0.1, 0.15) is 5.69 Å². The molecule has 0 aliphatic rings. The number of hydrogen-bond acceptors (Lipinski definition) is 2. The Labute approximate surface area is 90.5 Å². The van der Waals surface area contributed by atoms with Gasteiger partial charge >= 0.3 is 0 Å². The number of para-hydroxylation sites is 1. The number of H-pyrrole nitrogens is 2. The van der Waals surface area contributed by atoms with Crippen LogP contribution in [0.2, 0.25) is 0 Å². The lowest BCUT2D eigenvalue weighted by molar-refractivity contribution is 0.277. The molecule has 0 saturated carbocycles. The molecule has 3 N–H and O–H groups in total. The predicted molar refractivity (Wildman–Crippen MR) is 62.3 cm³/mol. The molecule has 4 heteroatoms. The van der Waals surface area contributed by atoms with Crippen molar-refractivity contribution in [2.45, 2.75) is 6.61 Å². The third-order valence-electron chi connectivity index (χ3n) is 2.71. The summed E-state index contributed by atoms with van der Waals surface area (Å²) in [6.45, 7) is -0.162. The number of aromatic amines is 2. The number of aliphatic hydroxyl groups is 1. The summed E-state index contributed by atoms with van der Waals surface area (Å²) in [5.41, 5.74) is 2.66. The van der Waals surface area contributed by atoms with Crippen molar-refractivity contribution in [3.63, 3.8) is 0 Å². The normalized spacial score (nSPS) is 11.3. The van der Waals surface area contributed by atoms with Crippen molar-refractivity contribution in [2.75, 3.05) is 0 Å². The van der Waals surface area contributed by atoms with Crippen molar-refractivity contribution in [3.8, 4) is 0 Å². The third-order valence-corrected chi connectivity index (χ3v) is 2.71. The Bertz CT molecular complexity index is 725. The highest BCUT2D eigenvalue weighted by molar-refractivity contribution is 6.04. The summed E-state index contributed by atoms with van der Waals surface area (Å²) in [4.78, 5) is 17.9. The molecule has 0 aliphatic carbocycles. The monoisotopic (exact) mass is 214 g/mol. The highest BCUT2D eigenvalue weighted by Gasteiger charge is 2.07.